The highest BCUT2D eigenvalue weighted by molar-refractivity contribution is 9.10. The van der Waals surface area contributed by atoms with Crippen LogP contribution in [0.15, 0.2) is 16.6 Å². The van der Waals surface area contributed by atoms with Crippen molar-refractivity contribution in [3.63, 3.8) is 0 Å². The molecule has 1 heterocycles. The molecule has 0 aliphatic carbocycles. The van der Waals surface area contributed by atoms with Crippen molar-refractivity contribution < 1.29 is 4.79 Å². The van der Waals surface area contributed by atoms with Crippen molar-refractivity contribution in [1.29, 1.82) is 0 Å². The summed E-state index contributed by atoms with van der Waals surface area (Å²) in [7, 11) is 0. The number of hydrogen-bond acceptors (Lipinski definition) is 2. The van der Waals surface area contributed by atoms with E-state index < -0.39 is 0 Å². The predicted molar refractivity (Wildman–Crippen MR) is 49.7 cm³/mol. The number of halogens is 1. The van der Waals surface area contributed by atoms with Crippen LogP contribution in [0.1, 0.15) is 15.9 Å². The normalized spacial score (nSPS) is 14.2. The van der Waals surface area contributed by atoms with Gasteiger partial charge in [-0.15, -0.1) is 0 Å². The van der Waals surface area contributed by atoms with E-state index in [1.54, 1.807) is 12.1 Å². The molecule has 0 saturated carbocycles. The quantitative estimate of drug-likeness (QED) is 0.656. The van der Waals surface area contributed by atoms with Gasteiger partial charge in [0.15, 0.2) is 0 Å². The lowest BCUT2D eigenvalue weighted by molar-refractivity contribution is 0.0966. The van der Waals surface area contributed by atoms with Gasteiger partial charge in [0.25, 0.3) is 5.91 Å². The first-order valence-electron chi connectivity index (χ1n) is 3.54. The Morgan fingerprint density at radius 3 is 3.00 bits per heavy atom. The lowest BCUT2D eigenvalue weighted by Crippen LogP contribution is -2.12. The highest BCUT2D eigenvalue weighted by atomic mass is 79.9. The zero-order chi connectivity index (χ0) is 8.72. The summed E-state index contributed by atoms with van der Waals surface area (Å²) in [6.45, 7) is 0.592. The van der Waals surface area contributed by atoms with Crippen LogP contribution in [0.5, 0.6) is 0 Å². The fourth-order valence-electron chi connectivity index (χ4n) is 1.30. The maximum atomic E-state index is 11.2. The molecule has 1 aromatic rings. The lowest BCUT2D eigenvalue weighted by atomic mass is 10.1. The van der Waals surface area contributed by atoms with Gasteiger partial charge in [0.1, 0.15) is 0 Å². The van der Waals surface area contributed by atoms with Crippen LogP contribution in [0.2, 0.25) is 0 Å². The molecule has 1 aliphatic heterocycles. The van der Waals surface area contributed by atoms with Crippen molar-refractivity contribution in [1.82, 2.24) is 5.32 Å². The van der Waals surface area contributed by atoms with E-state index in [9.17, 15) is 4.79 Å². The van der Waals surface area contributed by atoms with Gasteiger partial charge in [-0.1, -0.05) is 15.9 Å². The summed E-state index contributed by atoms with van der Waals surface area (Å²) in [4.78, 5) is 11.2. The molecule has 0 saturated heterocycles. The molecule has 0 radical (unpaired) electrons. The van der Waals surface area contributed by atoms with Crippen LogP contribution < -0.4 is 11.1 Å². The SMILES string of the molecule is Nc1cc(Br)c2c(c1)C(=O)NC2. The number of carbonyl (C=O) groups is 1. The molecular formula is C8H7BrN2O. The zero-order valence-corrected chi connectivity index (χ0v) is 7.81. The van der Waals surface area contributed by atoms with E-state index in [1.807, 2.05) is 0 Å². The molecule has 1 aliphatic rings. The number of nitrogen functional groups attached to an aromatic ring is 1. The fraction of sp³-hybridized carbons (Fsp3) is 0.125. The Kier molecular flexibility index (Phi) is 1.58. The average molecular weight is 227 g/mol. The number of nitrogens with one attached hydrogen (secondary N) is 1. The van der Waals surface area contributed by atoms with E-state index in [-0.39, 0.29) is 5.91 Å². The van der Waals surface area contributed by atoms with Crippen molar-refractivity contribution >= 4 is 27.5 Å². The summed E-state index contributed by atoms with van der Waals surface area (Å²) in [5.41, 5.74) is 7.87. The number of rotatable bonds is 0. The van der Waals surface area contributed by atoms with Crippen LogP contribution in [0, 0.1) is 0 Å². The molecule has 3 N–H and O–H groups in total. The number of nitrogens with two attached hydrogens (primary N) is 1. The molecule has 0 spiro atoms. The van der Waals surface area contributed by atoms with Gasteiger partial charge in [-0.05, 0) is 17.7 Å². The Morgan fingerprint density at radius 2 is 2.25 bits per heavy atom. The Labute approximate surface area is 78.1 Å². The first-order chi connectivity index (χ1) is 5.68. The minimum Gasteiger partial charge on any atom is -0.399 e. The predicted octanol–water partition coefficient (Wildman–Crippen LogP) is 1.27. The maximum absolute atomic E-state index is 11.2. The lowest BCUT2D eigenvalue weighted by Gasteiger charge is -2.00. The molecule has 0 bridgehead atoms. The minimum atomic E-state index is -0.0435. The number of fused-ring (bicyclic) bond motifs is 1. The molecule has 1 aromatic carbocycles. The summed E-state index contributed by atoms with van der Waals surface area (Å²) >= 11 is 3.35. The van der Waals surface area contributed by atoms with Gasteiger partial charge in [-0.25, -0.2) is 0 Å². The number of carbonyl (C=O) groups excluding carboxylic acids is 1. The Hall–Kier alpha value is -1.03. The number of hydrogen-bond donors (Lipinski definition) is 2. The maximum Gasteiger partial charge on any atom is 0.252 e. The Morgan fingerprint density at radius 1 is 1.50 bits per heavy atom. The molecule has 2 rings (SSSR count). The van der Waals surface area contributed by atoms with Gasteiger partial charge in [0, 0.05) is 22.3 Å². The second kappa shape index (κ2) is 2.48. The zero-order valence-electron chi connectivity index (χ0n) is 6.23. The Bertz CT molecular complexity index is 362. The van der Waals surface area contributed by atoms with E-state index in [2.05, 4.69) is 21.2 Å². The van der Waals surface area contributed by atoms with Crippen LogP contribution in [0.4, 0.5) is 5.69 Å². The highest BCUT2D eigenvalue weighted by Crippen LogP contribution is 2.27. The van der Waals surface area contributed by atoms with Crippen molar-refractivity contribution in [2.24, 2.45) is 0 Å². The van der Waals surface area contributed by atoms with Gasteiger partial charge >= 0.3 is 0 Å². The van der Waals surface area contributed by atoms with E-state index in [4.69, 9.17) is 5.73 Å². The molecular weight excluding hydrogens is 220 g/mol. The topological polar surface area (TPSA) is 55.1 Å². The summed E-state index contributed by atoms with van der Waals surface area (Å²) < 4.78 is 0.899. The van der Waals surface area contributed by atoms with Crippen LogP contribution in [0.3, 0.4) is 0 Å². The van der Waals surface area contributed by atoms with E-state index in [1.165, 1.54) is 0 Å². The summed E-state index contributed by atoms with van der Waals surface area (Å²) in [6, 6.07) is 3.50. The first kappa shape index (κ1) is 7.61. The molecule has 0 fully saturated rings. The molecule has 12 heavy (non-hydrogen) atoms. The smallest absolute Gasteiger partial charge is 0.252 e. The second-order valence-electron chi connectivity index (χ2n) is 2.71. The first-order valence-corrected chi connectivity index (χ1v) is 4.34. The van der Waals surface area contributed by atoms with Crippen molar-refractivity contribution in [2.75, 3.05) is 5.73 Å². The number of benzene rings is 1. The standard InChI is InChI=1S/C8H7BrN2O/c9-7-2-4(10)1-5-6(7)3-11-8(5)12/h1-2H,3,10H2,(H,11,12). The molecule has 3 nitrogen and oxygen atoms in total. The second-order valence-corrected chi connectivity index (χ2v) is 3.57. The average Bonchev–Trinajstić information content (AvgIpc) is 2.33. The molecule has 0 unspecified atom stereocenters. The number of amides is 1. The van der Waals surface area contributed by atoms with Crippen LogP contribution >= 0.6 is 15.9 Å². The van der Waals surface area contributed by atoms with Gasteiger partial charge in [-0.3, -0.25) is 4.79 Å². The summed E-state index contributed by atoms with van der Waals surface area (Å²) in [5.74, 6) is -0.0435. The van der Waals surface area contributed by atoms with E-state index >= 15 is 0 Å². The molecule has 4 heteroatoms. The van der Waals surface area contributed by atoms with Crippen LogP contribution in [-0.2, 0) is 6.54 Å². The third kappa shape index (κ3) is 0.992. The number of anilines is 1. The van der Waals surface area contributed by atoms with Crippen molar-refractivity contribution in [3.05, 3.63) is 27.7 Å². The highest BCUT2D eigenvalue weighted by Gasteiger charge is 2.21. The Balaban J connectivity index is 2.68. The molecule has 62 valence electrons. The van der Waals surface area contributed by atoms with E-state index in [0.717, 1.165) is 10.0 Å². The third-order valence-corrected chi connectivity index (χ3v) is 2.60. The van der Waals surface area contributed by atoms with Gasteiger partial charge in [-0.2, -0.15) is 0 Å². The van der Waals surface area contributed by atoms with Gasteiger partial charge in [0.05, 0.1) is 0 Å². The summed E-state index contributed by atoms with van der Waals surface area (Å²) in [6.07, 6.45) is 0. The molecule has 0 aromatic heterocycles. The fourth-order valence-corrected chi connectivity index (χ4v) is 1.92. The van der Waals surface area contributed by atoms with E-state index in [0.29, 0.717) is 17.8 Å². The van der Waals surface area contributed by atoms with Crippen molar-refractivity contribution in [3.8, 4) is 0 Å². The van der Waals surface area contributed by atoms with Crippen molar-refractivity contribution in [2.45, 2.75) is 6.54 Å². The molecule has 0 atom stereocenters. The largest absolute Gasteiger partial charge is 0.399 e. The molecule has 1 amide bonds. The van der Waals surface area contributed by atoms with Crippen LogP contribution in [0.25, 0.3) is 0 Å². The minimum absolute atomic E-state index is 0.0435. The summed E-state index contributed by atoms with van der Waals surface area (Å²) in [5, 5.41) is 2.73. The third-order valence-electron chi connectivity index (χ3n) is 1.89. The van der Waals surface area contributed by atoms with Crippen LogP contribution in [-0.4, -0.2) is 5.91 Å². The monoisotopic (exact) mass is 226 g/mol. The van der Waals surface area contributed by atoms with Gasteiger partial charge in [0.2, 0.25) is 0 Å². The van der Waals surface area contributed by atoms with Gasteiger partial charge < -0.3 is 11.1 Å².